The average molecular weight is 326 g/mol. The molecular formula is C13H9Cl2N3OS. The topological polar surface area (TPSA) is 55.2 Å². The molecule has 20 heavy (non-hydrogen) atoms. The summed E-state index contributed by atoms with van der Waals surface area (Å²) >= 11 is 13.4. The molecule has 2 rings (SSSR count). The predicted molar refractivity (Wildman–Crippen MR) is 82.9 cm³/mol. The molecule has 0 fully saturated rings. The van der Waals surface area contributed by atoms with Crippen LogP contribution in [0.4, 0.5) is 0 Å². The predicted octanol–water partition coefficient (Wildman–Crippen LogP) is 3.73. The van der Waals surface area contributed by atoms with E-state index in [1.54, 1.807) is 18.4 Å². The number of hydrogen-bond donors (Lipinski definition) is 0. The first-order chi connectivity index (χ1) is 9.63. The third kappa shape index (κ3) is 3.36. The minimum atomic E-state index is -0.374. The molecule has 0 aromatic carbocycles. The van der Waals surface area contributed by atoms with Crippen LogP contribution in [0.25, 0.3) is 0 Å². The molecule has 0 radical (unpaired) electrons. The quantitative estimate of drug-likeness (QED) is 0.623. The van der Waals surface area contributed by atoms with Crippen molar-refractivity contribution in [2.24, 2.45) is 4.99 Å². The number of carbonyl (C=O) groups is 1. The Kier molecular flexibility index (Phi) is 5.11. The molecular weight excluding hydrogens is 317 g/mol. The highest BCUT2D eigenvalue weighted by Crippen LogP contribution is 2.27. The maximum Gasteiger partial charge on any atom is 0.278 e. The Morgan fingerprint density at radius 3 is 2.30 bits per heavy atom. The molecule has 4 nitrogen and oxygen atoms in total. The summed E-state index contributed by atoms with van der Waals surface area (Å²) in [7, 11) is 0. The van der Waals surface area contributed by atoms with Gasteiger partial charge >= 0.3 is 0 Å². The van der Waals surface area contributed by atoms with E-state index in [0.717, 1.165) is 0 Å². The lowest BCUT2D eigenvalue weighted by atomic mass is 10.2. The van der Waals surface area contributed by atoms with Gasteiger partial charge in [0.2, 0.25) is 0 Å². The lowest BCUT2D eigenvalue weighted by Gasteiger charge is -2.07. The van der Waals surface area contributed by atoms with Gasteiger partial charge in [-0.2, -0.15) is 0 Å². The van der Waals surface area contributed by atoms with E-state index in [1.807, 2.05) is 0 Å². The van der Waals surface area contributed by atoms with Crippen molar-refractivity contribution in [3.05, 3.63) is 58.1 Å². The van der Waals surface area contributed by atoms with Gasteiger partial charge in [0.1, 0.15) is 5.04 Å². The van der Waals surface area contributed by atoms with Crippen molar-refractivity contribution in [2.75, 3.05) is 6.26 Å². The van der Waals surface area contributed by atoms with Gasteiger partial charge in [-0.15, -0.1) is 11.8 Å². The fraction of sp³-hybridized carbons (Fsp3) is 0.0769. The molecule has 0 spiro atoms. The van der Waals surface area contributed by atoms with Crippen molar-refractivity contribution < 1.29 is 4.79 Å². The smallest absolute Gasteiger partial charge is 0.267 e. The monoisotopic (exact) mass is 325 g/mol. The number of rotatable bonds is 2. The van der Waals surface area contributed by atoms with Crippen LogP contribution in [-0.4, -0.2) is 27.2 Å². The summed E-state index contributed by atoms with van der Waals surface area (Å²) < 4.78 is 0. The number of nitrogens with zero attached hydrogens (tertiary/aromatic N) is 3. The average Bonchev–Trinajstić information content (AvgIpc) is 2.46. The third-order valence-electron chi connectivity index (χ3n) is 2.39. The second-order valence-corrected chi connectivity index (χ2v) is 5.25. The molecule has 0 aliphatic carbocycles. The zero-order chi connectivity index (χ0) is 14.5. The molecule has 0 aliphatic rings. The van der Waals surface area contributed by atoms with Crippen LogP contribution in [0.15, 0.2) is 41.9 Å². The van der Waals surface area contributed by atoms with E-state index in [1.165, 1.54) is 36.5 Å². The number of aromatic nitrogens is 2. The maximum absolute atomic E-state index is 12.1. The Labute approximate surface area is 130 Å². The summed E-state index contributed by atoms with van der Waals surface area (Å²) in [6.45, 7) is 0. The van der Waals surface area contributed by atoms with E-state index >= 15 is 0 Å². The van der Waals surface area contributed by atoms with Gasteiger partial charge in [0, 0.05) is 35.9 Å². The molecule has 0 aliphatic heterocycles. The molecule has 102 valence electrons. The van der Waals surface area contributed by atoms with E-state index in [-0.39, 0.29) is 5.91 Å². The third-order valence-corrected chi connectivity index (χ3v) is 3.65. The molecule has 0 bridgehead atoms. The summed E-state index contributed by atoms with van der Waals surface area (Å²) in [6.07, 6.45) is 7.80. The van der Waals surface area contributed by atoms with Crippen LogP contribution in [0.2, 0.25) is 10.0 Å². The number of carbonyl (C=O) groups excluding carboxylic acids is 1. The Bertz CT molecular complexity index is 642. The Morgan fingerprint density at radius 2 is 1.75 bits per heavy atom. The van der Waals surface area contributed by atoms with Crippen LogP contribution in [-0.2, 0) is 0 Å². The zero-order valence-corrected chi connectivity index (χ0v) is 12.7. The number of halogens is 2. The van der Waals surface area contributed by atoms with Crippen LogP contribution in [0.1, 0.15) is 15.9 Å². The van der Waals surface area contributed by atoms with Crippen LogP contribution in [0.5, 0.6) is 0 Å². The van der Waals surface area contributed by atoms with Gasteiger partial charge in [-0.3, -0.25) is 14.8 Å². The van der Waals surface area contributed by atoms with E-state index in [2.05, 4.69) is 15.0 Å². The van der Waals surface area contributed by atoms with Crippen molar-refractivity contribution in [1.29, 1.82) is 0 Å². The first-order valence-corrected chi connectivity index (χ1v) is 7.48. The summed E-state index contributed by atoms with van der Waals surface area (Å²) in [5.41, 5.74) is 0.964. The van der Waals surface area contributed by atoms with E-state index < -0.39 is 0 Å². The van der Waals surface area contributed by atoms with E-state index in [4.69, 9.17) is 23.2 Å². The largest absolute Gasteiger partial charge is 0.278 e. The number of thioether (sulfide) groups is 1. The van der Waals surface area contributed by atoms with E-state index in [0.29, 0.717) is 26.2 Å². The number of hydrogen-bond acceptors (Lipinski definition) is 4. The Balaban J connectivity index is 2.43. The summed E-state index contributed by atoms with van der Waals surface area (Å²) in [5.74, 6) is -0.374. The molecule has 2 heterocycles. The highest BCUT2D eigenvalue weighted by Gasteiger charge is 2.15. The fourth-order valence-electron chi connectivity index (χ4n) is 1.47. The van der Waals surface area contributed by atoms with Crippen LogP contribution < -0.4 is 0 Å². The van der Waals surface area contributed by atoms with Crippen LogP contribution in [0, 0.1) is 0 Å². The molecule has 0 saturated heterocycles. The first kappa shape index (κ1) is 15.0. The number of pyridine rings is 2. The minimum absolute atomic E-state index is 0.355. The molecule has 0 atom stereocenters. The normalized spacial score (nSPS) is 11.4. The van der Waals surface area contributed by atoms with Crippen LogP contribution in [0.3, 0.4) is 0 Å². The summed E-state index contributed by atoms with van der Waals surface area (Å²) in [4.78, 5) is 23.9. The zero-order valence-electron chi connectivity index (χ0n) is 10.4. The van der Waals surface area contributed by atoms with Gasteiger partial charge in [0.05, 0.1) is 10.0 Å². The van der Waals surface area contributed by atoms with Crippen molar-refractivity contribution in [3.63, 3.8) is 0 Å². The van der Waals surface area contributed by atoms with Gasteiger partial charge < -0.3 is 0 Å². The standard InChI is InChI=1S/C13H9Cl2N3OS/c1-20-13(11-9(14)6-17-7-10(11)15)18-12(19)8-2-4-16-5-3-8/h2-7H,1H3. The molecule has 2 aromatic heterocycles. The van der Waals surface area contributed by atoms with Gasteiger partial charge in [-0.1, -0.05) is 23.2 Å². The Morgan fingerprint density at radius 1 is 1.15 bits per heavy atom. The number of amides is 1. The SMILES string of the molecule is CSC(=NC(=O)c1ccncc1)c1c(Cl)cncc1Cl. The molecule has 7 heteroatoms. The number of aliphatic imine (C=N–C) groups is 1. The Hall–Kier alpha value is -1.43. The van der Waals surface area contributed by atoms with Gasteiger partial charge in [-0.05, 0) is 18.4 Å². The maximum atomic E-state index is 12.1. The van der Waals surface area contributed by atoms with Gasteiger partial charge in [-0.25, -0.2) is 4.99 Å². The van der Waals surface area contributed by atoms with Crippen molar-refractivity contribution in [1.82, 2.24) is 9.97 Å². The van der Waals surface area contributed by atoms with Gasteiger partial charge in [0.15, 0.2) is 0 Å². The van der Waals surface area contributed by atoms with Crippen molar-refractivity contribution >= 4 is 45.9 Å². The first-order valence-electron chi connectivity index (χ1n) is 5.50. The second-order valence-electron chi connectivity index (χ2n) is 3.64. The van der Waals surface area contributed by atoms with Crippen molar-refractivity contribution in [3.8, 4) is 0 Å². The second kappa shape index (κ2) is 6.83. The minimum Gasteiger partial charge on any atom is -0.267 e. The van der Waals surface area contributed by atoms with Crippen molar-refractivity contribution in [2.45, 2.75) is 0 Å². The fourth-order valence-corrected chi connectivity index (χ4v) is 2.72. The molecule has 0 N–H and O–H groups in total. The molecule has 2 aromatic rings. The lowest BCUT2D eigenvalue weighted by Crippen LogP contribution is -2.04. The van der Waals surface area contributed by atoms with Crippen LogP contribution >= 0.6 is 35.0 Å². The highest BCUT2D eigenvalue weighted by molar-refractivity contribution is 8.13. The van der Waals surface area contributed by atoms with E-state index in [9.17, 15) is 4.79 Å². The molecule has 1 amide bonds. The lowest BCUT2D eigenvalue weighted by molar-refractivity contribution is 0.100. The molecule has 0 saturated carbocycles. The van der Waals surface area contributed by atoms with Gasteiger partial charge in [0.25, 0.3) is 5.91 Å². The summed E-state index contributed by atoms with van der Waals surface area (Å²) in [6, 6.07) is 3.19. The molecule has 0 unspecified atom stereocenters. The highest BCUT2D eigenvalue weighted by atomic mass is 35.5. The summed E-state index contributed by atoms with van der Waals surface area (Å²) in [5, 5.41) is 1.16.